The monoisotopic (exact) mass is 453 g/mol. The molecular formula is C25H24ClNO5. The van der Waals surface area contributed by atoms with Crippen LogP contribution in [0.15, 0.2) is 66.7 Å². The van der Waals surface area contributed by atoms with Gasteiger partial charge >= 0.3 is 5.97 Å². The fraction of sp³-hybridized carbons (Fsp3) is 0.200. The van der Waals surface area contributed by atoms with Crippen molar-refractivity contribution in [3.63, 3.8) is 0 Å². The fourth-order valence-corrected chi connectivity index (χ4v) is 3.25. The van der Waals surface area contributed by atoms with E-state index in [2.05, 4.69) is 5.32 Å². The lowest BCUT2D eigenvalue weighted by atomic mass is 10.1. The van der Waals surface area contributed by atoms with Gasteiger partial charge in [0.25, 0.3) is 5.91 Å². The first-order valence-corrected chi connectivity index (χ1v) is 10.5. The van der Waals surface area contributed by atoms with Crippen LogP contribution in [0.3, 0.4) is 0 Å². The lowest BCUT2D eigenvalue weighted by Crippen LogP contribution is -2.30. The third-order valence-electron chi connectivity index (χ3n) is 4.69. The van der Waals surface area contributed by atoms with Crippen LogP contribution >= 0.6 is 11.6 Å². The number of ether oxygens (including phenoxy) is 3. The topological polar surface area (TPSA) is 73.9 Å². The molecular weight excluding hydrogens is 430 g/mol. The second kappa shape index (κ2) is 10.7. The van der Waals surface area contributed by atoms with Gasteiger partial charge in [-0.15, -0.1) is 0 Å². The van der Waals surface area contributed by atoms with Crippen molar-refractivity contribution in [1.29, 1.82) is 0 Å². The first-order valence-electron chi connectivity index (χ1n) is 10.1. The normalized spacial score (nSPS) is 11.4. The van der Waals surface area contributed by atoms with E-state index in [1.165, 1.54) is 19.2 Å². The van der Waals surface area contributed by atoms with Gasteiger partial charge in [0, 0.05) is 6.07 Å². The van der Waals surface area contributed by atoms with Gasteiger partial charge in [-0.1, -0.05) is 54.1 Å². The van der Waals surface area contributed by atoms with Crippen LogP contribution in [0.1, 0.15) is 24.2 Å². The molecule has 0 saturated heterocycles. The summed E-state index contributed by atoms with van der Waals surface area (Å²) >= 11 is 6.27. The molecule has 7 heteroatoms. The lowest BCUT2D eigenvalue weighted by Gasteiger charge is -2.17. The number of esters is 1. The van der Waals surface area contributed by atoms with Crippen LogP contribution in [0.25, 0.3) is 11.1 Å². The van der Waals surface area contributed by atoms with Crippen LogP contribution in [-0.4, -0.2) is 31.7 Å². The average molecular weight is 454 g/mol. The van der Waals surface area contributed by atoms with Gasteiger partial charge in [0.15, 0.2) is 6.10 Å². The average Bonchev–Trinajstić information content (AvgIpc) is 2.81. The Labute approximate surface area is 192 Å². The molecule has 1 unspecified atom stereocenters. The molecule has 0 aromatic heterocycles. The first-order chi connectivity index (χ1) is 15.4. The summed E-state index contributed by atoms with van der Waals surface area (Å²) in [5.74, 6) is -0.147. The maximum atomic E-state index is 12.7. The minimum atomic E-state index is -0.788. The molecule has 3 aromatic carbocycles. The number of hydrogen-bond donors (Lipinski definition) is 1. The zero-order valence-electron chi connectivity index (χ0n) is 18.1. The van der Waals surface area contributed by atoms with Crippen molar-refractivity contribution < 1.29 is 23.8 Å². The van der Waals surface area contributed by atoms with E-state index in [0.29, 0.717) is 11.4 Å². The van der Waals surface area contributed by atoms with Crippen LogP contribution in [0.4, 0.5) is 5.69 Å². The highest BCUT2D eigenvalue weighted by molar-refractivity contribution is 6.34. The zero-order chi connectivity index (χ0) is 23.1. The summed E-state index contributed by atoms with van der Waals surface area (Å²) in [6.07, 6.45) is -0.788. The predicted octanol–water partition coefficient (Wildman–Crippen LogP) is 5.60. The molecule has 3 rings (SSSR count). The van der Waals surface area contributed by atoms with E-state index < -0.39 is 18.0 Å². The van der Waals surface area contributed by atoms with Gasteiger partial charge in [0.05, 0.1) is 24.4 Å². The zero-order valence-corrected chi connectivity index (χ0v) is 18.8. The maximum Gasteiger partial charge on any atom is 0.341 e. The maximum absolute atomic E-state index is 12.7. The Balaban J connectivity index is 1.68. The summed E-state index contributed by atoms with van der Waals surface area (Å²) in [6.45, 7) is 3.56. The van der Waals surface area contributed by atoms with Crippen molar-refractivity contribution in [3.8, 4) is 22.6 Å². The van der Waals surface area contributed by atoms with Gasteiger partial charge in [-0.2, -0.15) is 0 Å². The molecule has 0 fully saturated rings. The van der Waals surface area contributed by atoms with Crippen molar-refractivity contribution >= 4 is 29.2 Å². The summed E-state index contributed by atoms with van der Waals surface area (Å²) in [5, 5.41) is 2.89. The predicted molar refractivity (Wildman–Crippen MR) is 125 cm³/mol. The van der Waals surface area contributed by atoms with E-state index in [-0.39, 0.29) is 22.9 Å². The Bertz CT molecular complexity index is 1080. The number of hydrogen-bond acceptors (Lipinski definition) is 5. The van der Waals surface area contributed by atoms with Gasteiger partial charge in [-0.05, 0) is 43.2 Å². The molecule has 1 atom stereocenters. The van der Waals surface area contributed by atoms with E-state index in [1.54, 1.807) is 13.8 Å². The number of halogens is 1. The molecule has 0 aliphatic carbocycles. The summed E-state index contributed by atoms with van der Waals surface area (Å²) in [6, 6.07) is 20.4. The van der Waals surface area contributed by atoms with Crippen LogP contribution in [0, 0.1) is 0 Å². The van der Waals surface area contributed by atoms with E-state index >= 15 is 0 Å². The molecule has 166 valence electrons. The molecule has 0 aliphatic rings. The SMILES string of the molecule is CCOC(=O)c1cc(Cl)c(NC(=O)C(C)Oc2ccc(-c3ccccc3)cc2)cc1OC. The molecule has 3 aromatic rings. The molecule has 1 amide bonds. The van der Waals surface area contributed by atoms with E-state index in [9.17, 15) is 9.59 Å². The number of carbonyl (C=O) groups is 2. The van der Waals surface area contributed by atoms with Gasteiger partial charge < -0.3 is 19.5 Å². The standard InChI is InChI=1S/C25H24ClNO5/c1-4-31-25(29)20-14-21(26)22(15-23(20)30-3)27-24(28)16(2)32-19-12-10-18(11-13-19)17-8-6-5-7-9-17/h5-16H,4H2,1-3H3,(H,27,28). The van der Waals surface area contributed by atoms with Gasteiger partial charge in [-0.3, -0.25) is 4.79 Å². The largest absolute Gasteiger partial charge is 0.496 e. The Hall–Kier alpha value is -3.51. The summed E-state index contributed by atoms with van der Waals surface area (Å²) in [5.41, 5.74) is 2.63. The molecule has 0 bridgehead atoms. The second-order valence-electron chi connectivity index (χ2n) is 6.89. The third-order valence-corrected chi connectivity index (χ3v) is 5.00. The summed E-state index contributed by atoms with van der Waals surface area (Å²) in [4.78, 5) is 24.7. The quantitative estimate of drug-likeness (QED) is 0.449. The van der Waals surface area contributed by atoms with Gasteiger partial charge in [0.2, 0.25) is 0 Å². The molecule has 0 saturated carbocycles. The van der Waals surface area contributed by atoms with Gasteiger partial charge in [-0.25, -0.2) is 4.79 Å². The van der Waals surface area contributed by atoms with Crippen molar-refractivity contribution in [1.82, 2.24) is 0 Å². The summed E-state index contributed by atoms with van der Waals surface area (Å²) in [7, 11) is 1.42. The number of carbonyl (C=O) groups excluding carboxylic acids is 2. The number of nitrogens with one attached hydrogen (secondary N) is 1. The molecule has 1 N–H and O–H groups in total. The highest BCUT2D eigenvalue weighted by Gasteiger charge is 2.20. The Morgan fingerprint density at radius 2 is 1.66 bits per heavy atom. The number of methoxy groups -OCH3 is 1. The van der Waals surface area contributed by atoms with E-state index in [4.69, 9.17) is 25.8 Å². The number of anilines is 1. The highest BCUT2D eigenvalue weighted by Crippen LogP contribution is 2.32. The molecule has 0 heterocycles. The minimum absolute atomic E-state index is 0.181. The third kappa shape index (κ3) is 5.59. The van der Waals surface area contributed by atoms with Crippen LogP contribution in [0.2, 0.25) is 5.02 Å². The Kier molecular flexibility index (Phi) is 7.73. The number of rotatable bonds is 8. The van der Waals surface area contributed by atoms with E-state index in [1.807, 2.05) is 54.6 Å². The highest BCUT2D eigenvalue weighted by atomic mass is 35.5. The van der Waals surface area contributed by atoms with Crippen molar-refractivity contribution in [2.24, 2.45) is 0 Å². The number of benzene rings is 3. The minimum Gasteiger partial charge on any atom is -0.496 e. The van der Waals surface area contributed by atoms with Crippen LogP contribution in [0.5, 0.6) is 11.5 Å². The molecule has 0 aliphatic heterocycles. The van der Waals surface area contributed by atoms with Crippen LogP contribution < -0.4 is 14.8 Å². The van der Waals surface area contributed by atoms with E-state index in [0.717, 1.165) is 11.1 Å². The molecule has 0 radical (unpaired) electrons. The summed E-state index contributed by atoms with van der Waals surface area (Å²) < 4.78 is 16.0. The van der Waals surface area contributed by atoms with Gasteiger partial charge in [0.1, 0.15) is 17.1 Å². The van der Waals surface area contributed by atoms with Crippen LogP contribution in [-0.2, 0) is 9.53 Å². The molecule has 32 heavy (non-hydrogen) atoms. The second-order valence-corrected chi connectivity index (χ2v) is 7.30. The number of amides is 1. The Morgan fingerprint density at radius 3 is 2.28 bits per heavy atom. The fourth-order valence-electron chi connectivity index (χ4n) is 3.03. The smallest absolute Gasteiger partial charge is 0.341 e. The van der Waals surface area contributed by atoms with Crippen molar-refractivity contribution in [3.05, 3.63) is 77.3 Å². The first kappa shape index (κ1) is 23.2. The van der Waals surface area contributed by atoms with Crippen molar-refractivity contribution in [2.75, 3.05) is 19.0 Å². The lowest BCUT2D eigenvalue weighted by molar-refractivity contribution is -0.122. The van der Waals surface area contributed by atoms with Crippen molar-refractivity contribution in [2.45, 2.75) is 20.0 Å². The Morgan fingerprint density at radius 1 is 1.00 bits per heavy atom. The molecule has 6 nitrogen and oxygen atoms in total. The molecule has 0 spiro atoms.